The fourth-order valence-corrected chi connectivity index (χ4v) is 1.07. The quantitative estimate of drug-likeness (QED) is 0.476. The first-order valence-electron chi connectivity index (χ1n) is 3.48. The lowest BCUT2D eigenvalue weighted by atomic mass is 10.5. The molecule has 1 rings (SSSR count). The van der Waals surface area contributed by atoms with Crippen LogP contribution in [0.1, 0.15) is 6.42 Å². The summed E-state index contributed by atoms with van der Waals surface area (Å²) >= 11 is 8.79. The number of nitrogens with zero attached hydrogens (tertiary/aromatic N) is 2. The van der Waals surface area contributed by atoms with E-state index in [2.05, 4.69) is 31.8 Å². The van der Waals surface area contributed by atoms with Crippen molar-refractivity contribution in [3.8, 4) is 18.2 Å². The molecule has 0 amide bonds. The fraction of sp³-hybridized carbons (Fsp3) is 0.250. The van der Waals surface area contributed by atoms with Crippen molar-refractivity contribution in [1.82, 2.24) is 9.97 Å². The van der Waals surface area contributed by atoms with E-state index >= 15 is 0 Å². The predicted molar refractivity (Wildman–Crippen MR) is 53.7 cm³/mol. The summed E-state index contributed by atoms with van der Waals surface area (Å²) in [6.45, 7) is 0.419. The van der Waals surface area contributed by atoms with Crippen LogP contribution < -0.4 is 4.74 Å². The second-order valence-corrected chi connectivity index (χ2v) is 3.29. The van der Waals surface area contributed by atoms with Gasteiger partial charge in [0.05, 0.1) is 4.47 Å². The summed E-state index contributed by atoms with van der Waals surface area (Å²) < 4.78 is 5.89. The molecule has 0 bridgehead atoms. The summed E-state index contributed by atoms with van der Waals surface area (Å²) in [5.41, 5.74) is 0. The minimum absolute atomic E-state index is 0.152. The molecule has 13 heavy (non-hydrogen) atoms. The van der Waals surface area contributed by atoms with Crippen molar-refractivity contribution in [2.75, 3.05) is 6.61 Å². The van der Waals surface area contributed by atoms with Crippen LogP contribution in [-0.4, -0.2) is 16.6 Å². The fourth-order valence-electron chi connectivity index (χ4n) is 0.639. The zero-order chi connectivity index (χ0) is 9.68. The first-order valence-corrected chi connectivity index (χ1v) is 4.65. The van der Waals surface area contributed by atoms with Crippen LogP contribution in [0.5, 0.6) is 5.88 Å². The number of hydrogen-bond acceptors (Lipinski definition) is 3. The number of aromatic nitrogens is 2. The molecule has 0 saturated carbocycles. The molecular weight excluding hydrogens is 255 g/mol. The Morgan fingerprint density at radius 3 is 3.15 bits per heavy atom. The Morgan fingerprint density at radius 2 is 2.46 bits per heavy atom. The van der Waals surface area contributed by atoms with Gasteiger partial charge in [0, 0.05) is 12.6 Å². The maximum Gasteiger partial charge on any atom is 0.232 e. The van der Waals surface area contributed by atoms with E-state index in [1.807, 2.05) is 0 Å². The lowest BCUT2D eigenvalue weighted by Crippen LogP contribution is -1.99. The van der Waals surface area contributed by atoms with Crippen molar-refractivity contribution >= 4 is 27.5 Å². The molecule has 1 aromatic heterocycles. The van der Waals surface area contributed by atoms with Gasteiger partial charge in [0.2, 0.25) is 11.2 Å². The van der Waals surface area contributed by atoms with E-state index in [1.54, 1.807) is 0 Å². The number of halogens is 2. The van der Waals surface area contributed by atoms with E-state index in [-0.39, 0.29) is 5.28 Å². The van der Waals surface area contributed by atoms with Gasteiger partial charge < -0.3 is 4.74 Å². The van der Waals surface area contributed by atoms with Crippen molar-refractivity contribution < 1.29 is 4.74 Å². The van der Waals surface area contributed by atoms with Crippen LogP contribution in [0.15, 0.2) is 10.7 Å². The lowest BCUT2D eigenvalue weighted by Gasteiger charge is -2.04. The molecule has 0 atom stereocenters. The summed E-state index contributed by atoms with van der Waals surface area (Å²) in [6.07, 6.45) is 7.12. The SMILES string of the molecule is C#CCCOc1nc(Cl)ncc1Br. The van der Waals surface area contributed by atoms with Crippen LogP contribution in [0, 0.1) is 12.3 Å². The third kappa shape index (κ3) is 3.21. The third-order valence-electron chi connectivity index (χ3n) is 1.17. The predicted octanol–water partition coefficient (Wildman–Crippen LogP) is 2.29. The van der Waals surface area contributed by atoms with Crippen LogP contribution in [0.3, 0.4) is 0 Å². The molecule has 0 aliphatic heterocycles. The highest BCUT2D eigenvalue weighted by Crippen LogP contribution is 2.22. The molecule has 0 aromatic carbocycles. The molecule has 0 saturated heterocycles. The second kappa shape index (κ2) is 5.05. The van der Waals surface area contributed by atoms with Crippen LogP contribution in [-0.2, 0) is 0 Å². The first-order chi connectivity index (χ1) is 6.24. The van der Waals surface area contributed by atoms with Crippen molar-refractivity contribution in [2.45, 2.75) is 6.42 Å². The lowest BCUT2D eigenvalue weighted by molar-refractivity contribution is 0.311. The van der Waals surface area contributed by atoms with Crippen LogP contribution in [0.2, 0.25) is 5.28 Å². The number of terminal acetylenes is 1. The van der Waals surface area contributed by atoms with E-state index in [9.17, 15) is 0 Å². The van der Waals surface area contributed by atoms with Gasteiger partial charge in [-0.05, 0) is 27.5 Å². The third-order valence-corrected chi connectivity index (χ3v) is 1.89. The maximum atomic E-state index is 5.57. The minimum atomic E-state index is 0.152. The molecule has 0 spiro atoms. The monoisotopic (exact) mass is 260 g/mol. The minimum Gasteiger partial charge on any atom is -0.476 e. The van der Waals surface area contributed by atoms with Crippen molar-refractivity contribution in [3.63, 3.8) is 0 Å². The van der Waals surface area contributed by atoms with Crippen LogP contribution in [0.4, 0.5) is 0 Å². The average molecular weight is 262 g/mol. The largest absolute Gasteiger partial charge is 0.476 e. The Bertz CT molecular complexity index is 337. The second-order valence-electron chi connectivity index (χ2n) is 2.09. The zero-order valence-corrected chi connectivity index (χ0v) is 8.97. The Hall–Kier alpha value is -0.790. The van der Waals surface area contributed by atoms with Gasteiger partial charge >= 0.3 is 0 Å². The molecule has 3 nitrogen and oxygen atoms in total. The van der Waals surface area contributed by atoms with Gasteiger partial charge in [0.15, 0.2) is 0 Å². The molecule has 5 heteroatoms. The van der Waals surface area contributed by atoms with E-state index < -0.39 is 0 Å². The number of hydrogen-bond donors (Lipinski definition) is 0. The van der Waals surface area contributed by atoms with E-state index in [1.165, 1.54) is 6.20 Å². The van der Waals surface area contributed by atoms with E-state index in [4.69, 9.17) is 22.8 Å². The van der Waals surface area contributed by atoms with Gasteiger partial charge in [-0.3, -0.25) is 0 Å². The van der Waals surface area contributed by atoms with Crippen molar-refractivity contribution in [2.24, 2.45) is 0 Å². The summed E-state index contributed by atoms with van der Waals surface area (Å²) in [5.74, 6) is 2.87. The van der Waals surface area contributed by atoms with E-state index in [0.29, 0.717) is 23.4 Å². The van der Waals surface area contributed by atoms with Gasteiger partial charge in [0.1, 0.15) is 6.61 Å². The molecule has 68 valence electrons. The van der Waals surface area contributed by atoms with Gasteiger partial charge in [-0.1, -0.05) is 0 Å². The normalized spacial score (nSPS) is 9.31. The summed E-state index contributed by atoms with van der Waals surface area (Å²) in [4.78, 5) is 7.62. The Balaban J connectivity index is 2.65. The smallest absolute Gasteiger partial charge is 0.232 e. The topological polar surface area (TPSA) is 35.0 Å². The highest BCUT2D eigenvalue weighted by Gasteiger charge is 2.03. The summed E-state index contributed by atoms with van der Waals surface area (Å²) in [5, 5.41) is 0.152. The molecule has 0 aliphatic carbocycles. The molecule has 0 fully saturated rings. The standard InChI is InChI=1S/C8H6BrClN2O/c1-2-3-4-13-7-6(9)5-11-8(10)12-7/h1,5H,3-4H2. The Morgan fingerprint density at radius 1 is 1.69 bits per heavy atom. The van der Waals surface area contributed by atoms with Gasteiger partial charge in [-0.2, -0.15) is 4.98 Å². The average Bonchev–Trinajstić information content (AvgIpc) is 2.11. The van der Waals surface area contributed by atoms with Gasteiger partial charge in [-0.25, -0.2) is 4.98 Å². The first kappa shape index (κ1) is 10.3. The molecule has 0 radical (unpaired) electrons. The van der Waals surface area contributed by atoms with E-state index in [0.717, 1.165) is 0 Å². The van der Waals surface area contributed by atoms with Crippen molar-refractivity contribution in [3.05, 3.63) is 16.0 Å². The number of rotatable bonds is 3. The molecule has 1 heterocycles. The molecule has 0 N–H and O–H groups in total. The summed E-state index contributed by atoms with van der Waals surface area (Å²) in [6, 6.07) is 0. The van der Waals surface area contributed by atoms with Crippen molar-refractivity contribution in [1.29, 1.82) is 0 Å². The number of ether oxygens (including phenoxy) is 1. The molecule has 0 unspecified atom stereocenters. The maximum absolute atomic E-state index is 5.57. The summed E-state index contributed by atoms with van der Waals surface area (Å²) in [7, 11) is 0. The van der Waals surface area contributed by atoms with Crippen LogP contribution >= 0.6 is 27.5 Å². The Kier molecular flexibility index (Phi) is 4.00. The Labute approximate surface area is 89.6 Å². The van der Waals surface area contributed by atoms with Crippen LogP contribution in [0.25, 0.3) is 0 Å². The highest BCUT2D eigenvalue weighted by atomic mass is 79.9. The highest BCUT2D eigenvalue weighted by molar-refractivity contribution is 9.10. The molecule has 0 aliphatic rings. The van der Waals surface area contributed by atoms with Gasteiger partial charge in [-0.15, -0.1) is 12.3 Å². The molecule has 1 aromatic rings. The van der Waals surface area contributed by atoms with Gasteiger partial charge in [0.25, 0.3) is 0 Å². The molecular formula is C8H6BrClN2O. The zero-order valence-electron chi connectivity index (χ0n) is 6.63.